The highest BCUT2D eigenvalue weighted by Crippen LogP contribution is 2.30. The van der Waals surface area contributed by atoms with Crippen molar-refractivity contribution in [3.63, 3.8) is 0 Å². The summed E-state index contributed by atoms with van der Waals surface area (Å²) in [5.41, 5.74) is 7.19. The van der Waals surface area contributed by atoms with Gasteiger partial charge in [0.1, 0.15) is 5.75 Å². The number of nitrogens with one attached hydrogen (secondary N) is 1. The number of rotatable bonds is 5. The molecule has 6 nitrogen and oxygen atoms in total. The molecule has 2 aliphatic rings. The van der Waals surface area contributed by atoms with Crippen molar-refractivity contribution in [2.24, 2.45) is 11.7 Å². The Hall–Kier alpha value is -1.79. The van der Waals surface area contributed by atoms with Crippen molar-refractivity contribution in [2.75, 3.05) is 25.0 Å². The maximum atomic E-state index is 12.8. The Morgan fingerprint density at radius 3 is 2.61 bits per heavy atom. The van der Waals surface area contributed by atoms with Crippen LogP contribution in [-0.4, -0.2) is 42.5 Å². The maximum Gasteiger partial charge on any atom is 0.253 e. The number of anilines is 1. The average molecular weight is 410 g/mol. The minimum Gasteiger partial charge on any atom is -0.492 e. The highest BCUT2D eigenvalue weighted by atomic mass is 35.5. The number of nitrogens with zero attached hydrogens (tertiary/aromatic N) is 1. The van der Waals surface area contributed by atoms with Gasteiger partial charge in [0.25, 0.3) is 5.91 Å². The predicted molar refractivity (Wildman–Crippen MR) is 113 cm³/mol. The van der Waals surface area contributed by atoms with Crippen LogP contribution in [-0.2, 0) is 4.79 Å². The molecule has 7 heteroatoms. The molecule has 2 fully saturated rings. The first-order valence-electron chi connectivity index (χ1n) is 10.2. The lowest BCUT2D eigenvalue weighted by molar-refractivity contribution is -0.120. The number of ether oxygens (including phenoxy) is 1. The Morgan fingerprint density at radius 1 is 1.18 bits per heavy atom. The number of hydrogen-bond acceptors (Lipinski definition) is 4. The topological polar surface area (TPSA) is 84.7 Å². The van der Waals surface area contributed by atoms with E-state index in [2.05, 4.69) is 5.32 Å². The fourth-order valence-corrected chi connectivity index (χ4v) is 4.02. The number of likely N-dealkylation sites (tertiary alicyclic amines) is 1. The van der Waals surface area contributed by atoms with Crippen LogP contribution >= 0.6 is 12.4 Å². The van der Waals surface area contributed by atoms with Gasteiger partial charge in [-0.05, 0) is 63.6 Å². The number of carbonyl (C=O) groups is 2. The molecule has 0 aromatic heterocycles. The molecule has 1 aromatic rings. The molecule has 3 N–H and O–H groups in total. The third-order valence-corrected chi connectivity index (χ3v) is 5.51. The molecule has 0 radical (unpaired) electrons. The molecular formula is C21H32ClN3O3. The zero-order valence-corrected chi connectivity index (χ0v) is 17.4. The lowest BCUT2D eigenvalue weighted by atomic mass is 9.85. The van der Waals surface area contributed by atoms with Crippen molar-refractivity contribution in [1.29, 1.82) is 0 Å². The Labute approximate surface area is 173 Å². The van der Waals surface area contributed by atoms with Gasteiger partial charge in [-0.3, -0.25) is 9.59 Å². The standard InChI is InChI=1S/C21H31N3O3.ClH/c1-2-27-19-10-9-16(21(26)24-11-4-3-5-12-24)14-18(19)23-20(25)15-7-6-8-17(22)13-15;/h9-10,14-15,17H,2-8,11-13,22H2,1H3,(H,23,25);1H. The molecule has 1 aliphatic heterocycles. The second kappa shape index (κ2) is 10.7. The van der Waals surface area contributed by atoms with Crippen molar-refractivity contribution in [3.05, 3.63) is 23.8 Å². The maximum absolute atomic E-state index is 12.8. The first-order chi connectivity index (χ1) is 13.1. The smallest absolute Gasteiger partial charge is 0.253 e. The lowest BCUT2D eigenvalue weighted by Gasteiger charge is -2.27. The molecule has 0 bridgehead atoms. The predicted octanol–water partition coefficient (Wildman–Crippen LogP) is 3.59. The minimum absolute atomic E-state index is 0. The number of benzene rings is 1. The van der Waals surface area contributed by atoms with E-state index in [0.717, 1.165) is 45.2 Å². The lowest BCUT2D eigenvalue weighted by Crippen LogP contribution is -2.36. The molecule has 3 rings (SSSR count). The van der Waals surface area contributed by atoms with Crippen molar-refractivity contribution < 1.29 is 14.3 Å². The van der Waals surface area contributed by atoms with Gasteiger partial charge >= 0.3 is 0 Å². The van der Waals surface area contributed by atoms with Crippen molar-refractivity contribution in [3.8, 4) is 5.75 Å². The van der Waals surface area contributed by atoms with Crippen LogP contribution < -0.4 is 15.8 Å². The number of hydrogen-bond donors (Lipinski definition) is 2. The van der Waals surface area contributed by atoms with E-state index in [0.29, 0.717) is 30.0 Å². The van der Waals surface area contributed by atoms with Crippen LogP contribution in [0.1, 0.15) is 62.2 Å². The summed E-state index contributed by atoms with van der Waals surface area (Å²) < 4.78 is 5.66. The summed E-state index contributed by atoms with van der Waals surface area (Å²) in [6.45, 7) is 4.00. The van der Waals surface area contributed by atoms with Crippen molar-refractivity contribution >= 4 is 29.9 Å². The van der Waals surface area contributed by atoms with Crippen LogP contribution in [0.3, 0.4) is 0 Å². The van der Waals surface area contributed by atoms with Crippen LogP contribution in [0.25, 0.3) is 0 Å². The molecule has 2 atom stereocenters. The first-order valence-corrected chi connectivity index (χ1v) is 10.2. The van der Waals surface area contributed by atoms with Crippen molar-refractivity contribution in [1.82, 2.24) is 4.90 Å². The average Bonchev–Trinajstić information content (AvgIpc) is 2.69. The summed E-state index contributed by atoms with van der Waals surface area (Å²) in [6, 6.07) is 5.41. The molecule has 28 heavy (non-hydrogen) atoms. The Kier molecular flexibility index (Phi) is 8.58. The third kappa shape index (κ3) is 5.61. The molecule has 1 aromatic carbocycles. The largest absolute Gasteiger partial charge is 0.492 e. The SMILES string of the molecule is CCOc1ccc(C(=O)N2CCCCC2)cc1NC(=O)C1CCCC(N)C1.Cl. The zero-order valence-electron chi connectivity index (χ0n) is 16.6. The van der Waals surface area contributed by atoms with Crippen LogP contribution in [0.15, 0.2) is 18.2 Å². The van der Waals surface area contributed by atoms with Gasteiger partial charge in [0.2, 0.25) is 5.91 Å². The van der Waals surface area contributed by atoms with Gasteiger partial charge in [0, 0.05) is 30.6 Å². The molecule has 1 saturated carbocycles. The zero-order chi connectivity index (χ0) is 19.2. The molecule has 1 saturated heterocycles. The van der Waals surface area contributed by atoms with Crippen LogP contribution in [0.5, 0.6) is 5.75 Å². The van der Waals surface area contributed by atoms with E-state index in [4.69, 9.17) is 10.5 Å². The third-order valence-electron chi connectivity index (χ3n) is 5.51. The van der Waals surface area contributed by atoms with E-state index in [1.165, 1.54) is 6.42 Å². The monoisotopic (exact) mass is 409 g/mol. The highest BCUT2D eigenvalue weighted by molar-refractivity contribution is 5.99. The summed E-state index contributed by atoms with van der Waals surface area (Å²) in [7, 11) is 0. The molecular weight excluding hydrogens is 378 g/mol. The van der Waals surface area contributed by atoms with E-state index in [9.17, 15) is 9.59 Å². The fourth-order valence-electron chi connectivity index (χ4n) is 4.02. The summed E-state index contributed by atoms with van der Waals surface area (Å²) in [6.07, 6.45) is 6.80. The molecule has 1 heterocycles. The van der Waals surface area contributed by atoms with Gasteiger partial charge in [0.15, 0.2) is 0 Å². The highest BCUT2D eigenvalue weighted by Gasteiger charge is 2.26. The molecule has 2 amide bonds. The van der Waals surface area contributed by atoms with Crippen LogP contribution in [0.2, 0.25) is 0 Å². The van der Waals surface area contributed by atoms with Gasteiger partial charge < -0.3 is 20.7 Å². The van der Waals surface area contributed by atoms with E-state index in [-0.39, 0.29) is 36.2 Å². The summed E-state index contributed by atoms with van der Waals surface area (Å²) in [5.74, 6) is 0.507. The van der Waals surface area contributed by atoms with Gasteiger partial charge in [-0.25, -0.2) is 0 Å². The first kappa shape index (κ1) is 22.5. The number of nitrogens with two attached hydrogens (primary N) is 1. The summed E-state index contributed by atoms with van der Waals surface area (Å²) in [4.78, 5) is 27.4. The number of piperidine rings is 1. The van der Waals surface area contributed by atoms with Crippen LogP contribution in [0.4, 0.5) is 5.69 Å². The fraction of sp³-hybridized carbons (Fsp3) is 0.619. The molecule has 2 unspecified atom stereocenters. The van der Waals surface area contributed by atoms with Gasteiger partial charge in [-0.1, -0.05) is 6.42 Å². The minimum atomic E-state index is -0.0790. The summed E-state index contributed by atoms with van der Waals surface area (Å²) in [5, 5.41) is 2.99. The Morgan fingerprint density at radius 2 is 1.93 bits per heavy atom. The second-order valence-electron chi connectivity index (χ2n) is 7.61. The molecule has 0 spiro atoms. The van der Waals surface area contributed by atoms with Crippen LogP contribution in [0, 0.1) is 5.92 Å². The second-order valence-corrected chi connectivity index (χ2v) is 7.61. The van der Waals surface area contributed by atoms with Gasteiger partial charge in [0.05, 0.1) is 12.3 Å². The number of amides is 2. The number of halogens is 1. The summed E-state index contributed by atoms with van der Waals surface area (Å²) >= 11 is 0. The van der Waals surface area contributed by atoms with Crippen molar-refractivity contribution in [2.45, 2.75) is 57.9 Å². The molecule has 1 aliphatic carbocycles. The Bertz CT molecular complexity index is 677. The number of carbonyl (C=O) groups excluding carboxylic acids is 2. The quantitative estimate of drug-likeness (QED) is 0.778. The van der Waals surface area contributed by atoms with Gasteiger partial charge in [-0.15, -0.1) is 12.4 Å². The Balaban J connectivity index is 0.00000280. The van der Waals surface area contributed by atoms with E-state index in [1.807, 2.05) is 11.8 Å². The van der Waals surface area contributed by atoms with Gasteiger partial charge in [-0.2, -0.15) is 0 Å². The normalized spacial score (nSPS) is 22.1. The molecule has 156 valence electrons. The van der Waals surface area contributed by atoms with E-state index < -0.39 is 0 Å². The van der Waals surface area contributed by atoms with E-state index in [1.54, 1.807) is 18.2 Å². The van der Waals surface area contributed by atoms with E-state index >= 15 is 0 Å².